The highest BCUT2D eigenvalue weighted by Gasteiger charge is 2.22. The predicted molar refractivity (Wildman–Crippen MR) is 94.2 cm³/mol. The second-order valence-electron chi connectivity index (χ2n) is 6.01. The third-order valence-electron chi connectivity index (χ3n) is 4.29. The quantitative estimate of drug-likeness (QED) is 0.786. The van der Waals surface area contributed by atoms with E-state index in [1.165, 1.54) is 6.07 Å². The zero-order valence-corrected chi connectivity index (χ0v) is 14.3. The Morgan fingerprint density at radius 1 is 1.12 bits per heavy atom. The van der Waals surface area contributed by atoms with Crippen molar-refractivity contribution in [3.05, 3.63) is 53.5 Å². The van der Waals surface area contributed by atoms with Gasteiger partial charge in [-0.15, -0.1) is 10.2 Å². The molecule has 1 aliphatic rings. The first-order valence-electron chi connectivity index (χ1n) is 8.47. The van der Waals surface area contributed by atoms with Gasteiger partial charge in [0.15, 0.2) is 5.69 Å². The fraction of sp³-hybridized carbons (Fsp3) is 0.333. The molecule has 8 heteroatoms. The summed E-state index contributed by atoms with van der Waals surface area (Å²) in [6.07, 6.45) is 1.32. The third kappa shape index (κ3) is 4.33. The van der Waals surface area contributed by atoms with Crippen molar-refractivity contribution in [2.45, 2.75) is 6.42 Å². The van der Waals surface area contributed by atoms with Gasteiger partial charge in [-0.25, -0.2) is 4.39 Å². The number of piperazine rings is 1. The molecular weight excluding hydrogens is 337 g/mol. The molecule has 1 N–H and O–H groups in total. The van der Waals surface area contributed by atoms with Gasteiger partial charge < -0.3 is 15.1 Å². The zero-order valence-electron chi connectivity index (χ0n) is 14.3. The highest BCUT2D eigenvalue weighted by atomic mass is 19.1. The lowest BCUT2D eigenvalue weighted by Gasteiger charge is -2.32. The van der Waals surface area contributed by atoms with Crippen LogP contribution in [0.3, 0.4) is 0 Å². The molecule has 3 rings (SSSR count). The first-order valence-corrected chi connectivity index (χ1v) is 8.47. The zero-order chi connectivity index (χ0) is 18.4. The molecule has 0 spiro atoms. The number of benzene rings is 1. The van der Waals surface area contributed by atoms with Gasteiger partial charge in [0.25, 0.3) is 5.91 Å². The Morgan fingerprint density at radius 3 is 2.54 bits per heavy atom. The number of rotatable bonds is 6. The van der Waals surface area contributed by atoms with E-state index in [1.807, 2.05) is 0 Å². The summed E-state index contributed by atoms with van der Waals surface area (Å²) in [7, 11) is 0. The summed E-state index contributed by atoms with van der Waals surface area (Å²) in [5, 5.41) is 11.1. The van der Waals surface area contributed by atoms with Crippen LogP contribution in [0, 0.1) is 5.82 Å². The van der Waals surface area contributed by atoms with Gasteiger partial charge in [-0.3, -0.25) is 9.59 Å². The molecule has 0 bridgehead atoms. The highest BCUT2D eigenvalue weighted by Crippen LogP contribution is 2.10. The summed E-state index contributed by atoms with van der Waals surface area (Å²) >= 11 is 0. The minimum absolute atomic E-state index is 0.194. The summed E-state index contributed by atoms with van der Waals surface area (Å²) in [5.41, 5.74) is 0.901. The van der Waals surface area contributed by atoms with Gasteiger partial charge >= 0.3 is 0 Å². The maximum absolute atomic E-state index is 13.6. The van der Waals surface area contributed by atoms with Crippen LogP contribution in [0.2, 0.25) is 0 Å². The number of hydrogen-bond donors (Lipinski definition) is 1. The van der Waals surface area contributed by atoms with E-state index in [0.29, 0.717) is 50.5 Å². The maximum atomic E-state index is 13.6. The highest BCUT2D eigenvalue weighted by molar-refractivity contribution is 5.92. The van der Waals surface area contributed by atoms with Crippen molar-refractivity contribution in [2.24, 2.45) is 0 Å². The first-order chi connectivity index (χ1) is 12.7. The number of carbonyl (C=O) groups excluding carboxylic acids is 2. The van der Waals surface area contributed by atoms with Gasteiger partial charge in [-0.1, -0.05) is 18.2 Å². The van der Waals surface area contributed by atoms with E-state index >= 15 is 0 Å². The topological polar surface area (TPSA) is 78.4 Å². The number of aromatic nitrogens is 2. The van der Waals surface area contributed by atoms with E-state index in [9.17, 15) is 14.0 Å². The van der Waals surface area contributed by atoms with Crippen molar-refractivity contribution in [3.63, 3.8) is 0 Å². The molecule has 0 saturated carbocycles. The molecule has 1 aliphatic heterocycles. The fourth-order valence-corrected chi connectivity index (χ4v) is 2.76. The summed E-state index contributed by atoms with van der Waals surface area (Å²) < 4.78 is 13.6. The first kappa shape index (κ1) is 17.8. The molecule has 2 aromatic rings. The van der Waals surface area contributed by atoms with Gasteiger partial charge in [-0.05, 0) is 30.2 Å². The Hall–Kier alpha value is -3.03. The summed E-state index contributed by atoms with van der Waals surface area (Å²) in [6, 6.07) is 9.94. The summed E-state index contributed by atoms with van der Waals surface area (Å²) in [5.74, 6) is 0.112. The molecule has 1 aromatic heterocycles. The van der Waals surface area contributed by atoms with Crippen LogP contribution in [0.4, 0.5) is 10.2 Å². The van der Waals surface area contributed by atoms with Crippen LogP contribution < -0.4 is 5.32 Å². The number of carbonyl (C=O) groups is 2. The molecule has 0 radical (unpaired) electrons. The molecule has 1 saturated heterocycles. The lowest BCUT2D eigenvalue weighted by molar-refractivity contribution is -0.119. The van der Waals surface area contributed by atoms with Crippen molar-refractivity contribution in [2.75, 3.05) is 38.0 Å². The monoisotopic (exact) mass is 357 g/mol. The van der Waals surface area contributed by atoms with E-state index in [4.69, 9.17) is 0 Å². The smallest absolute Gasteiger partial charge is 0.274 e. The molecule has 1 aromatic carbocycles. The fourth-order valence-electron chi connectivity index (χ4n) is 2.76. The van der Waals surface area contributed by atoms with Gasteiger partial charge in [0.1, 0.15) is 11.6 Å². The average molecular weight is 357 g/mol. The van der Waals surface area contributed by atoms with Crippen molar-refractivity contribution in [1.82, 2.24) is 20.0 Å². The minimum atomic E-state index is -0.226. The van der Waals surface area contributed by atoms with Gasteiger partial charge in [0.2, 0.25) is 6.41 Å². The summed E-state index contributed by atoms with van der Waals surface area (Å²) in [4.78, 5) is 26.4. The van der Waals surface area contributed by atoms with Crippen LogP contribution in [0.15, 0.2) is 36.4 Å². The lowest BCUT2D eigenvalue weighted by Crippen LogP contribution is -2.48. The molecule has 0 atom stereocenters. The SMILES string of the molecule is O=CN1CCN(C(=O)c2ccc(NCCc3ccccc3F)nn2)CC1. The third-order valence-corrected chi connectivity index (χ3v) is 4.29. The van der Waals surface area contributed by atoms with Crippen molar-refractivity contribution in [1.29, 1.82) is 0 Å². The largest absolute Gasteiger partial charge is 0.368 e. The molecule has 1 fully saturated rings. The Morgan fingerprint density at radius 2 is 1.88 bits per heavy atom. The Bertz CT molecular complexity index is 760. The van der Waals surface area contributed by atoms with Crippen LogP contribution in [0.25, 0.3) is 0 Å². The van der Waals surface area contributed by atoms with E-state index in [0.717, 1.165) is 6.41 Å². The van der Waals surface area contributed by atoms with E-state index in [2.05, 4.69) is 15.5 Å². The molecular formula is C18H20FN5O2. The van der Waals surface area contributed by atoms with Crippen molar-refractivity contribution in [3.8, 4) is 0 Å². The Balaban J connectivity index is 1.51. The average Bonchev–Trinajstić information content (AvgIpc) is 2.69. The molecule has 2 amide bonds. The van der Waals surface area contributed by atoms with Crippen LogP contribution in [0.1, 0.15) is 16.1 Å². The normalized spacial score (nSPS) is 14.2. The second kappa shape index (κ2) is 8.37. The number of hydrogen-bond acceptors (Lipinski definition) is 5. The molecule has 136 valence electrons. The molecule has 26 heavy (non-hydrogen) atoms. The van der Waals surface area contributed by atoms with E-state index in [1.54, 1.807) is 40.1 Å². The van der Waals surface area contributed by atoms with Crippen molar-refractivity contribution >= 4 is 18.1 Å². The number of nitrogens with zero attached hydrogens (tertiary/aromatic N) is 4. The van der Waals surface area contributed by atoms with E-state index in [-0.39, 0.29) is 17.4 Å². The lowest BCUT2D eigenvalue weighted by atomic mass is 10.1. The summed E-state index contributed by atoms with van der Waals surface area (Å²) in [6.45, 7) is 2.54. The standard InChI is InChI=1S/C18H20FN5O2/c19-15-4-2-1-3-14(15)7-8-20-17-6-5-16(21-22-17)18(26)24-11-9-23(13-25)10-12-24/h1-6,13H,7-12H2,(H,20,22). The molecule has 2 heterocycles. The van der Waals surface area contributed by atoms with Crippen molar-refractivity contribution < 1.29 is 14.0 Å². The Labute approximate surface area is 150 Å². The number of nitrogens with one attached hydrogen (secondary N) is 1. The van der Waals surface area contributed by atoms with Crippen LogP contribution in [0.5, 0.6) is 0 Å². The van der Waals surface area contributed by atoms with Gasteiger partial charge in [0, 0.05) is 32.7 Å². The van der Waals surface area contributed by atoms with Crippen LogP contribution in [-0.2, 0) is 11.2 Å². The molecule has 0 unspecified atom stereocenters. The Kier molecular flexibility index (Phi) is 5.73. The molecule has 7 nitrogen and oxygen atoms in total. The minimum Gasteiger partial charge on any atom is -0.368 e. The maximum Gasteiger partial charge on any atom is 0.274 e. The number of anilines is 1. The van der Waals surface area contributed by atoms with Crippen LogP contribution in [-0.4, -0.2) is 65.0 Å². The van der Waals surface area contributed by atoms with Gasteiger partial charge in [0.05, 0.1) is 0 Å². The number of amides is 2. The predicted octanol–water partition coefficient (Wildman–Crippen LogP) is 1.18. The molecule has 0 aliphatic carbocycles. The number of halogens is 1. The van der Waals surface area contributed by atoms with Crippen LogP contribution >= 0.6 is 0 Å². The van der Waals surface area contributed by atoms with E-state index < -0.39 is 0 Å². The van der Waals surface area contributed by atoms with Gasteiger partial charge in [-0.2, -0.15) is 0 Å². The second-order valence-corrected chi connectivity index (χ2v) is 6.01.